The Hall–Kier alpha value is -0.880. The molecule has 2 rings (SSSR count). The summed E-state index contributed by atoms with van der Waals surface area (Å²) in [5.41, 5.74) is 1.04. The molecule has 6 heteroatoms. The van der Waals surface area contributed by atoms with Crippen molar-refractivity contribution < 1.29 is 4.74 Å². The van der Waals surface area contributed by atoms with Crippen molar-refractivity contribution in [2.75, 3.05) is 25.6 Å². The van der Waals surface area contributed by atoms with Gasteiger partial charge in [0.1, 0.15) is 4.47 Å². The number of hydrogen-bond donors (Lipinski definition) is 1. The Labute approximate surface area is 127 Å². The van der Waals surface area contributed by atoms with Gasteiger partial charge in [0.25, 0.3) is 5.56 Å². The molecule has 0 unspecified atom stereocenters. The second-order valence-electron chi connectivity index (χ2n) is 5.76. The molecule has 0 bridgehead atoms. The van der Waals surface area contributed by atoms with E-state index in [0.29, 0.717) is 29.0 Å². The minimum atomic E-state index is -0.124. The Morgan fingerprint density at radius 2 is 2.25 bits per heavy atom. The Bertz CT molecular complexity index is 524. The molecule has 1 aromatic heterocycles. The summed E-state index contributed by atoms with van der Waals surface area (Å²) < 4.78 is 6.92. The van der Waals surface area contributed by atoms with Gasteiger partial charge in [-0.25, -0.2) is 4.68 Å². The molecule has 0 amide bonds. The molecule has 1 saturated carbocycles. The van der Waals surface area contributed by atoms with Crippen LogP contribution < -0.4 is 10.9 Å². The Morgan fingerprint density at radius 1 is 1.55 bits per heavy atom. The van der Waals surface area contributed by atoms with Crippen LogP contribution >= 0.6 is 15.9 Å². The molecule has 1 N–H and O–H groups in total. The molecule has 1 heterocycles. The third-order valence-corrected chi connectivity index (χ3v) is 5.01. The number of halogens is 1. The number of ether oxygens (including phenoxy) is 1. The third kappa shape index (κ3) is 3.23. The first-order valence-electron chi connectivity index (χ1n) is 6.98. The summed E-state index contributed by atoms with van der Waals surface area (Å²) in [6.45, 7) is 6.34. The van der Waals surface area contributed by atoms with Crippen molar-refractivity contribution in [1.29, 1.82) is 0 Å². The van der Waals surface area contributed by atoms with Gasteiger partial charge >= 0.3 is 0 Å². The molecule has 1 aromatic rings. The van der Waals surface area contributed by atoms with E-state index in [4.69, 9.17) is 4.74 Å². The summed E-state index contributed by atoms with van der Waals surface area (Å²) in [6.07, 6.45) is 4.22. The minimum absolute atomic E-state index is 0.124. The van der Waals surface area contributed by atoms with Crippen molar-refractivity contribution in [3.63, 3.8) is 0 Å². The van der Waals surface area contributed by atoms with Crippen molar-refractivity contribution >= 4 is 21.6 Å². The van der Waals surface area contributed by atoms with E-state index in [1.165, 1.54) is 17.5 Å². The van der Waals surface area contributed by atoms with E-state index < -0.39 is 0 Å². The summed E-state index contributed by atoms with van der Waals surface area (Å²) in [4.78, 5) is 12.1. The van der Waals surface area contributed by atoms with E-state index in [0.717, 1.165) is 12.2 Å². The summed E-state index contributed by atoms with van der Waals surface area (Å²) in [5, 5.41) is 7.54. The van der Waals surface area contributed by atoms with Crippen molar-refractivity contribution in [3.05, 3.63) is 21.0 Å². The number of anilines is 1. The predicted octanol–water partition coefficient (Wildman–Crippen LogP) is 2.50. The van der Waals surface area contributed by atoms with Crippen LogP contribution in [-0.2, 0) is 11.3 Å². The fourth-order valence-corrected chi connectivity index (χ4v) is 2.76. The van der Waals surface area contributed by atoms with Gasteiger partial charge < -0.3 is 10.1 Å². The average Bonchev–Trinajstić information content (AvgIpc) is 3.20. The Balaban J connectivity index is 2.06. The highest BCUT2D eigenvalue weighted by atomic mass is 79.9. The van der Waals surface area contributed by atoms with E-state index in [2.05, 4.69) is 40.2 Å². The van der Waals surface area contributed by atoms with Crippen LogP contribution in [0.5, 0.6) is 0 Å². The van der Waals surface area contributed by atoms with Crippen LogP contribution in [0.3, 0.4) is 0 Å². The van der Waals surface area contributed by atoms with Crippen molar-refractivity contribution in [1.82, 2.24) is 9.78 Å². The first-order valence-corrected chi connectivity index (χ1v) is 7.78. The highest BCUT2D eigenvalue weighted by molar-refractivity contribution is 9.10. The lowest BCUT2D eigenvalue weighted by Crippen LogP contribution is -2.27. The molecule has 112 valence electrons. The normalized spacial score (nSPS) is 16.4. The second kappa shape index (κ2) is 6.26. The van der Waals surface area contributed by atoms with Crippen molar-refractivity contribution in [2.45, 2.75) is 33.2 Å². The zero-order valence-corrected chi connectivity index (χ0v) is 13.9. The van der Waals surface area contributed by atoms with Gasteiger partial charge in [-0.3, -0.25) is 4.79 Å². The number of aromatic nitrogens is 2. The maximum atomic E-state index is 12.1. The quantitative estimate of drug-likeness (QED) is 0.826. The Morgan fingerprint density at radius 3 is 2.80 bits per heavy atom. The molecule has 0 aromatic carbocycles. The van der Waals surface area contributed by atoms with E-state index in [1.807, 2.05) is 0 Å². The van der Waals surface area contributed by atoms with Gasteiger partial charge in [0.2, 0.25) is 0 Å². The van der Waals surface area contributed by atoms with Gasteiger partial charge in [-0.15, -0.1) is 0 Å². The highest BCUT2D eigenvalue weighted by Crippen LogP contribution is 2.51. The largest absolute Gasteiger partial charge is 0.383 e. The number of nitrogens with one attached hydrogen (secondary N) is 1. The van der Waals surface area contributed by atoms with Gasteiger partial charge in [0.05, 0.1) is 25.0 Å². The maximum Gasteiger partial charge on any atom is 0.283 e. The van der Waals surface area contributed by atoms with E-state index >= 15 is 0 Å². The smallest absolute Gasteiger partial charge is 0.283 e. The second-order valence-corrected chi connectivity index (χ2v) is 6.56. The average molecular weight is 344 g/mol. The number of rotatable bonds is 7. The topological polar surface area (TPSA) is 56.1 Å². The summed E-state index contributed by atoms with van der Waals surface area (Å²) in [7, 11) is 1.61. The molecule has 1 aliphatic carbocycles. The first-order chi connectivity index (χ1) is 9.50. The van der Waals surface area contributed by atoms with E-state index in [1.54, 1.807) is 13.3 Å². The third-order valence-electron chi connectivity index (χ3n) is 4.24. The molecule has 1 aliphatic rings. The van der Waals surface area contributed by atoms with Gasteiger partial charge in [0.15, 0.2) is 0 Å². The van der Waals surface area contributed by atoms with Crippen LogP contribution in [0, 0.1) is 11.3 Å². The molecule has 20 heavy (non-hydrogen) atoms. The first kappa shape index (κ1) is 15.5. The SMILES string of the molecule is COCCn1ncc(NCC2(C(C)C)CC2)c(Br)c1=O. The molecular weight excluding hydrogens is 322 g/mol. The molecule has 1 fully saturated rings. The standard InChI is InChI=1S/C14H22BrN3O2/c1-10(2)14(4-5-14)9-16-11-8-17-18(6-7-20-3)13(19)12(11)15/h8,10,16H,4-7,9H2,1-3H3. The summed E-state index contributed by atoms with van der Waals surface area (Å²) in [6, 6.07) is 0. The summed E-state index contributed by atoms with van der Waals surface area (Å²) >= 11 is 3.37. The van der Waals surface area contributed by atoms with Gasteiger partial charge in [0, 0.05) is 13.7 Å². The van der Waals surface area contributed by atoms with Crippen molar-refractivity contribution in [2.24, 2.45) is 11.3 Å². The van der Waals surface area contributed by atoms with Gasteiger partial charge in [-0.1, -0.05) is 13.8 Å². The molecule has 5 nitrogen and oxygen atoms in total. The maximum absolute atomic E-state index is 12.1. The van der Waals surface area contributed by atoms with Crippen LogP contribution in [0.1, 0.15) is 26.7 Å². The van der Waals surface area contributed by atoms with E-state index in [-0.39, 0.29) is 5.56 Å². The van der Waals surface area contributed by atoms with Crippen LogP contribution in [0.15, 0.2) is 15.5 Å². The number of nitrogens with zero attached hydrogens (tertiary/aromatic N) is 2. The van der Waals surface area contributed by atoms with Crippen molar-refractivity contribution in [3.8, 4) is 0 Å². The molecule has 0 atom stereocenters. The fraction of sp³-hybridized carbons (Fsp3) is 0.714. The molecule has 0 radical (unpaired) electrons. The van der Waals surface area contributed by atoms with Crippen LogP contribution in [0.4, 0.5) is 5.69 Å². The van der Waals surface area contributed by atoms with E-state index in [9.17, 15) is 4.79 Å². The van der Waals surface area contributed by atoms with Gasteiger partial charge in [-0.2, -0.15) is 5.10 Å². The van der Waals surface area contributed by atoms with Crippen LogP contribution in [-0.4, -0.2) is 30.0 Å². The van der Waals surface area contributed by atoms with Crippen LogP contribution in [0.2, 0.25) is 0 Å². The fourth-order valence-electron chi connectivity index (χ4n) is 2.32. The molecule has 0 aliphatic heterocycles. The molecular formula is C14H22BrN3O2. The molecule has 0 saturated heterocycles. The lowest BCUT2D eigenvalue weighted by molar-refractivity contribution is 0.181. The van der Waals surface area contributed by atoms with Crippen LogP contribution in [0.25, 0.3) is 0 Å². The molecule has 0 spiro atoms. The van der Waals surface area contributed by atoms with Gasteiger partial charge in [-0.05, 0) is 40.1 Å². The number of methoxy groups -OCH3 is 1. The lowest BCUT2D eigenvalue weighted by atomic mass is 9.92. The minimum Gasteiger partial charge on any atom is -0.383 e. The monoisotopic (exact) mass is 343 g/mol. The zero-order valence-electron chi connectivity index (χ0n) is 12.3. The number of hydrogen-bond acceptors (Lipinski definition) is 4. The predicted molar refractivity (Wildman–Crippen MR) is 83.1 cm³/mol. The summed E-state index contributed by atoms with van der Waals surface area (Å²) in [5.74, 6) is 0.656. The Kier molecular flexibility index (Phi) is 4.86. The highest BCUT2D eigenvalue weighted by Gasteiger charge is 2.45. The lowest BCUT2D eigenvalue weighted by Gasteiger charge is -2.21. The zero-order chi connectivity index (χ0) is 14.8.